The average molecular weight is 545 g/mol. The predicted octanol–water partition coefficient (Wildman–Crippen LogP) is 4.09. The molecule has 0 spiro atoms. The molecular formula is C25H22ClFN4O5S. The highest BCUT2D eigenvalue weighted by molar-refractivity contribution is 7.89. The third-order valence-electron chi connectivity index (χ3n) is 5.25. The number of hydrogen-bond acceptors (Lipinski definition) is 6. The molecule has 2 N–H and O–H groups in total. The summed E-state index contributed by atoms with van der Waals surface area (Å²) >= 11 is 5.96. The third-order valence-corrected chi connectivity index (χ3v) is 6.77. The quantitative estimate of drug-likeness (QED) is 0.307. The molecule has 12 heteroatoms. The molecule has 192 valence electrons. The van der Waals surface area contributed by atoms with Crippen molar-refractivity contribution in [1.29, 1.82) is 0 Å². The fourth-order valence-corrected chi connectivity index (χ4v) is 4.42. The summed E-state index contributed by atoms with van der Waals surface area (Å²) in [4.78, 5) is 18.6. The van der Waals surface area contributed by atoms with Gasteiger partial charge in [0, 0.05) is 24.9 Å². The number of nitrogens with zero attached hydrogens (tertiary/aromatic N) is 2. The number of hydrazine groups is 1. The van der Waals surface area contributed by atoms with Crippen LogP contribution in [0.4, 0.5) is 4.39 Å². The Bertz CT molecular complexity index is 1540. The van der Waals surface area contributed by atoms with Gasteiger partial charge in [0.15, 0.2) is 5.82 Å². The maximum absolute atomic E-state index is 14.6. The van der Waals surface area contributed by atoms with Crippen LogP contribution in [0, 0.1) is 5.82 Å². The number of carbonyl (C=O) groups is 1. The summed E-state index contributed by atoms with van der Waals surface area (Å²) < 4.78 is 52.6. The van der Waals surface area contributed by atoms with Crippen LogP contribution in [0.2, 0.25) is 5.02 Å². The van der Waals surface area contributed by atoms with Gasteiger partial charge in [-0.05, 0) is 42.0 Å². The molecule has 0 fully saturated rings. The first kappa shape index (κ1) is 26.1. The largest absolute Gasteiger partial charge is 0.497 e. The molecule has 0 radical (unpaired) electrons. The summed E-state index contributed by atoms with van der Waals surface area (Å²) in [5.74, 6) is -1.03. The molecule has 0 aliphatic heterocycles. The Balaban J connectivity index is 1.45. The number of aromatic nitrogens is 2. The van der Waals surface area contributed by atoms with Crippen molar-refractivity contribution < 1.29 is 27.1 Å². The summed E-state index contributed by atoms with van der Waals surface area (Å²) in [5, 5.41) is -0.308. The van der Waals surface area contributed by atoms with Crippen molar-refractivity contribution in [3.8, 4) is 22.8 Å². The molecule has 0 aliphatic carbocycles. The first-order chi connectivity index (χ1) is 17.7. The lowest BCUT2D eigenvalue weighted by Gasteiger charge is -2.12. The van der Waals surface area contributed by atoms with Crippen molar-refractivity contribution >= 4 is 27.5 Å². The number of carbonyl (C=O) groups excluding carboxylic acids is 1. The Kier molecular flexibility index (Phi) is 7.77. The zero-order chi connectivity index (χ0) is 26.6. The van der Waals surface area contributed by atoms with E-state index in [-0.39, 0.29) is 16.5 Å². The molecule has 0 bridgehead atoms. The molecule has 0 saturated heterocycles. The van der Waals surface area contributed by atoms with Gasteiger partial charge in [-0.3, -0.25) is 10.2 Å². The van der Waals surface area contributed by atoms with Gasteiger partial charge < -0.3 is 14.0 Å². The number of benzene rings is 3. The van der Waals surface area contributed by atoms with E-state index in [1.54, 1.807) is 43.1 Å². The predicted molar refractivity (Wildman–Crippen MR) is 135 cm³/mol. The molecule has 0 atom stereocenters. The van der Waals surface area contributed by atoms with Crippen LogP contribution in [0.25, 0.3) is 11.3 Å². The van der Waals surface area contributed by atoms with Crippen molar-refractivity contribution in [2.45, 2.75) is 11.5 Å². The lowest BCUT2D eigenvalue weighted by atomic mass is 10.1. The van der Waals surface area contributed by atoms with E-state index < -0.39 is 27.3 Å². The van der Waals surface area contributed by atoms with Gasteiger partial charge in [-0.15, -0.1) is 4.83 Å². The van der Waals surface area contributed by atoms with Crippen LogP contribution in [-0.4, -0.2) is 31.0 Å². The van der Waals surface area contributed by atoms with E-state index in [2.05, 4.69) is 4.98 Å². The maximum atomic E-state index is 14.6. The highest BCUT2D eigenvalue weighted by Gasteiger charge is 2.21. The smallest absolute Gasteiger partial charge is 0.269 e. The molecule has 1 aromatic heterocycles. The summed E-state index contributed by atoms with van der Waals surface area (Å²) in [7, 11) is -0.888. The van der Waals surface area contributed by atoms with Crippen molar-refractivity contribution in [2.24, 2.45) is 7.05 Å². The van der Waals surface area contributed by atoms with E-state index in [0.717, 1.165) is 5.56 Å². The Hall–Kier alpha value is -3.93. The van der Waals surface area contributed by atoms with E-state index in [1.165, 1.54) is 36.7 Å². The highest BCUT2D eigenvalue weighted by atomic mass is 35.5. The number of sulfonamides is 1. The molecule has 9 nitrogen and oxygen atoms in total. The number of aryl methyl sites for hydroxylation is 1. The standard InChI is InChI=1S/C25H22ClFN4O5S/c1-31-13-23(28-15-31)17-10-21(24(27)22(26)11-17)25(32)29-30-37(33,34)20-5-3-4-19(12-20)36-14-16-6-8-18(35-2)9-7-16/h3-13,15,30H,14H2,1-2H3,(H,29,32). The zero-order valence-electron chi connectivity index (χ0n) is 19.7. The molecule has 1 heterocycles. The van der Waals surface area contributed by atoms with Crippen molar-refractivity contribution in [3.05, 3.63) is 95.2 Å². The van der Waals surface area contributed by atoms with Crippen LogP contribution in [0.5, 0.6) is 11.5 Å². The van der Waals surface area contributed by atoms with Crippen molar-refractivity contribution in [2.75, 3.05) is 7.11 Å². The lowest BCUT2D eigenvalue weighted by Crippen LogP contribution is -2.41. The van der Waals surface area contributed by atoms with Crippen molar-refractivity contribution in [3.63, 3.8) is 0 Å². The Morgan fingerprint density at radius 1 is 1.11 bits per heavy atom. The summed E-state index contributed by atoms with van der Waals surface area (Å²) in [6, 6.07) is 15.5. The molecule has 0 saturated carbocycles. The van der Waals surface area contributed by atoms with Gasteiger partial charge >= 0.3 is 0 Å². The van der Waals surface area contributed by atoms with Crippen LogP contribution in [0.15, 0.2) is 78.1 Å². The average Bonchev–Trinajstić information content (AvgIpc) is 3.34. The van der Waals surface area contributed by atoms with Gasteiger partial charge in [0.05, 0.1) is 34.6 Å². The van der Waals surface area contributed by atoms with Crippen LogP contribution in [0.3, 0.4) is 0 Å². The van der Waals surface area contributed by atoms with Crippen molar-refractivity contribution in [1.82, 2.24) is 19.8 Å². The number of rotatable bonds is 9. The summed E-state index contributed by atoms with van der Waals surface area (Å²) in [5.41, 5.74) is 3.28. The molecule has 1 amide bonds. The van der Waals surface area contributed by atoms with Gasteiger partial charge in [0.1, 0.15) is 18.1 Å². The molecule has 4 rings (SSSR count). The second kappa shape index (κ2) is 11.0. The Labute approximate surface area is 217 Å². The monoisotopic (exact) mass is 544 g/mol. The SMILES string of the molecule is COc1ccc(COc2cccc(S(=O)(=O)NNC(=O)c3cc(-c4cn(C)cn4)cc(Cl)c3F)c2)cc1. The fourth-order valence-electron chi connectivity index (χ4n) is 3.32. The Morgan fingerprint density at radius 3 is 2.54 bits per heavy atom. The van der Waals surface area contributed by atoms with Gasteiger partial charge in [-0.25, -0.2) is 17.8 Å². The van der Waals surface area contributed by atoms with Gasteiger partial charge in [-0.1, -0.05) is 29.8 Å². The number of amides is 1. The van der Waals surface area contributed by atoms with Crippen LogP contribution in [0.1, 0.15) is 15.9 Å². The number of hydrogen-bond donors (Lipinski definition) is 2. The number of ether oxygens (including phenoxy) is 2. The normalized spacial score (nSPS) is 11.2. The summed E-state index contributed by atoms with van der Waals surface area (Å²) in [6.07, 6.45) is 3.20. The van der Waals surface area contributed by atoms with Gasteiger partial charge in [0.2, 0.25) is 0 Å². The topological polar surface area (TPSA) is 112 Å². The molecule has 4 aromatic rings. The van der Waals surface area contributed by atoms with Crippen LogP contribution in [-0.2, 0) is 23.7 Å². The van der Waals surface area contributed by atoms with Crippen LogP contribution < -0.4 is 19.7 Å². The highest BCUT2D eigenvalue weighted by Crippen LogP contribution is 2.27. The molecular weight excluding hydrogens is 523 g/mol. The maximum Gasteiger partial charge on any atom is 0.269 e. The first-order valence-corrected chi connectivity index (χ1v) is 12.7. The van der Waals surface area contributed by atoms with E-state index in [0.29, 0.717) is 22.8 Å². The summed E-state index contributed by atoms with van der Waals surface area (Å²) in [6.45, 7) is 0.199. The molecule has 3 aromatic carbocycles. The van der Waals surface area contributed by atoms with Gasteiger partial charge in [0.25, 0.3) is 15.9 Å². The number of imidazole rings is 1. The Morgan fingerprint density at radius 2 is 1.86 bits per heavy atom. The zero-order valence-corrected chi connectivity index (χ0v) is 21.3. The third kappa shape index (κ3) is 6.26. The number of halogens is 2. The number of methoxy groups -OCH3 is 1. The fraction of sp³-hybridized carbons (Fsp3) is 0.120. The minimum absolute atomic E-state index is 0.166. The number of nitrogens with one attached hydrogen (secondary N) is 2. The first-order valence-electron chi connectivity index (χ1n) is 10.8. The molecule has 0 aliphatic rings. The second-order valence-electron chi connectivity index (χ2n) is 7.92. The lowest BCUT2D eigenvalue weighted by molar-refractivity contribution is 0.0941. The van der Waals surface area contributed by atoms with Crippen LogP contribution >= 0.6 is 11.6 Å². The minimum Gasteiger partial charge on any atom is -0.497 e. The molecule has 37 heavy (non-hydrogen) atoms. The second-order valence-corrected chi connectivity index (χ2v) is 10.0. The van der Waals surface area contributed by atoms with E-state index >= 15 is 0 Å². The van der Waals surface area contributed by atoms with E-state index in [9.17, 15) is 17.6 Å². The van der Waals surface area contributed by atoms with Gasteiger partial charge in [-0.2, -0.15) is 0 Å². The minimum atomic E-state index is -4.21. The van der Waals surface area contributed by atoms with E-state index in [1.807, 2.05) is 22.4 Å². The molecule has 0 unspecified atom stereocenters. The van der Waals surface area contributed by atoms with E-state index in [4.69, 9.17) is 21.1 Å².